The van der Waals surface area contributed by atoms with Crippen molar-refractivity contribution in [3.05, 3.63) is 15.4 Å². The van der Waals surface area contributed by atoms with Gasteiger partial charge in [0, 0.05) is 10.6 Å². The molecule has 0 spiro atoms. The second-order valence-electron chi connectivity index (χ2n) is 5.03. The van der Waals surface area contributed by atoms with E-state index >= 15 is 0 Å². The van der Waals surface area contributed by atoms with Crippen molar-refractivity contribution in [3.63, 3.8) is 0 Å². The summed E-state index contributed by atoms with van der Waals surface area (Å²) >= 11 is 1.32. The van der Waals surface area contributed by atoms with Crippen molar-refractivity contribution in [2.24, 2.45) is 5.41 Å². The molecule has 1 atom stereocenters. The Hall–Kier alpha value is -1.10. The molecule has 0 saturated carbocycles. The fraction of sp³-hybridized carbons (Fsp3) is 0.636. The molecule has 1 aromatic heterocycles. The van der Waals surface area contributed by atoms with Crippen LogP contribution >= 0.6 is 11.3 Å². The molecule has 0 radical (unpaired) electrons. The largest absolute Gasteiger partial charge is 0.480 e. The van der Waals surface area contributed by atoms with Crippen LogP contribution in [0.25, 0.3) is 0 Å². The van der Waals surface area contributed by atoms with Gasteiger partial charge in [-0.25, -0.2) is 4.79 Å². The highest BCUT2D eigenvalue weighted by Gasteiger charge is 2.34. The summed E-state index contributed by atoms with van der Waals surface area (Å²) in [6.07, 6.45) is 0. The number of aryl methyl sites for hydroxylation is 1. The second kappa shape index (κ2) is 4.05. The van der Waals surface area contributed by atoms with E-state index in [0.29, 0.717) is 4.80 Å². The number of carboxylic acids is 1. The van der Waals surface area contributed by atoms with E-state index in [1.807, 2.05) is 34.6 Å². The summed E-state index contributed by atoms with van der Waals surface area (Å²) in [4.78, 5) is 12.7. The van der Waals surface area contributed by atoms with Gasteiger partial charge in [0.1, 0.15) is 6.04 Å². The van der Waals surface area contributed by atoms with Gasteiger partial charge in [0.15, 0.2) is 4.80 Å². The molecule has 1 rings (SSSR count). The molecular weight excluding hydrogens is 224 g/mol. The molecule has 0 aliphatic carbocycles. The highest BCUT2D eigenvalue weighted by atomic mass is 32.1. The molecule has 0 amide bonds. The topological polar surface area (TPSA) is 66.1 Å². The molecule has 5 heteroatoms. The third-order valence-electron chi connectivity index (χ3n) is 2.65. The predicted molar refractivity (Wildman–Crippen MR) is 63.8 cm³/mol. The normalized spacial score (nSPS) is 13.8. The van der Waals surface area contributed by atoms with Crippen molar-refractivity contribution < 1.29 is 9.90 Å². The zero-order chi connectivity index (χ0) is 12.7. The van der Waals surface area contributed by atoms with E-state index < -0.39 is 17.4 Å². The number of thiazole rings is 1. The van der Waals surface area contributed by atoms with Gasteiger partial charge in [-0.05, 0) is 19.3 Å². The van der Waals surface area contributed by atoms with Crippen LogP contribution < -0.4 is 4.80 Å². The van der Waals surface area contributed by atoms with Crippen molar-refractivity contribution in [2.45, 2.75) is 40.7 Å². The van der Waals surface area contributed by atoms with Gasteiger partial charge in [0.2, 0.25) is 0 Å². The second-order valence-corrected chi connectivity index (χ2v) is 6.23. The van der Waals surface area contributed by atoms with Crippen LogP contribution in [-0.4, -0.2) is 15.6 Å². The first-order chi connectivity index (χ1) is 7.16. The first kappa shape index (κ1) is 13.0. The molecule has 1 heterocycles. The van der Waals surface area contributed by atoms with Crippen LogP contribution in [0.2, 0.25) is 0 Å². The number of aliphatic carboxylic acids is 1. The quantitative estimate of drug-likeness (QED) is 0.835. The molecule has 90 valence electrons. The number of nitrogens with one attached hydrogen (secondary N) is 1. The fourth-order valence-electron chi connectivity index (χ4n) is 1.77. The maximum atomic E-state index is 11.4. The van der Waals surface area contributed by atoms with E-state index in [4.69, 9.17) is 5.41 Å². The van der Waals surface area contributed by atoms with Crippen LogP contribution in [0.1, 0.15) is 37.4 Å². The summed E-state index contributed by atoms with van der Waals surface area (Å²) in [7, 11) is 0. The Morgan fingerprint density at radius 2 is 1.94 bits per heavy atom. The highest BCUT2D eigenvalue weighted by molar-refractivity contribution is 7.09. The minimum absolute atomic E-state index is 0.303. The maximum absolute atomic E-state index is 11.4. The lowest BCUT2D eigenvalue weighted by Crippen LogP contribution is -2.36. The smallest absolute Gasteiger partial charge is 0.327 e. The summed E-state index contributed by atoms with van der Waals surface area (Å²) in [6, 6.07) is -0.690. The maximum Gasteiger partial charge on any atom is 0.327 e. The lowest BCUT2D eigenvalue weighted by atomic mass is 9.86. The number of aromatic nitrogens is 1. The van der Waals surface area contributed by atoms with Crippen molar-refractivity contribution in [1.82, 2.24) is 4.57 Å². The molecule has 0 aliphatic rings. The average Bonchev–Trinajstić information content (AvgIpc) is 2.29. The number of hydrogen-bond donors (Lipinski definition) is 2. The summed E-state index contributed by atoms with van der Waals surface area (Å²) < 4.78 is 1.61. The van der Waals surface area contributed by atoms with Crippen LogP contribution in [0.5, 0.6) is 0 Å². The molecule has 0 saturated heterocycles. The van der Waals surface area contributed by atoms with Crippen LogP contribution in [-0.2, 0) is 4.79 Å². The Morgan fingerprint density at radius 1 is 1.44 bits per heavy atom. The molecule has 4 nitrogen and oxygen atoms in total. The van der Waals surface area contributed by atoms with Gasteiger partial charge in [-0.15, -0.1) is 11.3 Å². The Balaban J connectivity index is 3.45. The fourth-order valence-corrected chi connectivity index (χ4v) is 2.65. The Morgan fingerprint density at radius 3 is 2.19 bits per heavy atom. The van der Waals surface area contributed by atoms with E-state index in [9.17, 15) is 9.90 Å². The van der Waals surface area contributed by atoms with Gasteiger partial charge in [-0.2, -0.15) is 0 Å². The zero-order valence-electron chi connectivity index (χ0n) is 10.3. The van der Waals surface area contributed by atoms with E-state index in [1.54, 1.807) is 4.57 Å². The van der Waals surface area contributed by atoms with Gasteiger partial charge in [0.05, 0.1) is 0 Å². The van der Waals surface area contributed by atoms with Crippen LogP contribution in [0.3, 0.4) is 0 Å². The van der Waals surface area contributed by atoms with Gasteiger partial charge in [0.25, 0.3) is 0 Å². The zero-order valence-corrected chi connectivity index (χ0v) is 11.1. The van der Waals surface area contributed by atoms with Crippen LogP contribution in [0.4, 0.5) is 0 Å². The molecule has 2 N–H and O–H groups in total. The molecule has 0 aliphatic heterocycles. The minimum Gasteiger partial charge on any atom is -0.480 e. The van der Waals surface area contributed by atoms with Crippen molar-refractivity contribution >= 4 is 17.3 Å². The Labute approximate surface area is 99.1 Å². The average molecular weight is 242 g/mol. The third kappa shape index (κ3) is 2.19. The first-order valence-electron chi connectivity index (χ1n) is 5.12. The SMILES string of the molecule is Cc1sc(=N)n(C(C(=O)O)C(C)(C)C)c1C. The molecular formula is C11H18N2O2S. The molecule has 1 aromatic rings. The molecule has 0 aromatic carbocycles. The number of carbonyl (C=O) groups is 1. The summed E-state index contributed by atoms with van der Waals surface area (Å²) in [5, 5.41) is 17.2. The van der Waals surface area contributed by atoms with Gasteiger partial charge < -0.3 is 9.67 Å². The third-order valence-corrected chi connectivity index (χ3v) is 3.64. The van der Waals surface area contributed by atoms with Gasteiger partial charge in [-0.1, -0.05) is 20.8 Å². The lowest BCUT2D eigenvalue weighted by Gasteiger charge is -2.29. The van der Waals surface area contributed by atoms with Crippen molar-refractivity contribution in [2.75, 3.05) is 0 Å². The summed E-state index contributed by atoms with van der Waals surface area (Å²) in [6.45, 7) is 9.42. The van der Waals surface area contributed by atoms with E-state index in [1.165, 1.54) is 11.3 Å². The molecule has 0 bridgehead atoms. The molecule has 0 fully saturated rings. The monoisotopic (exact) mass is 242 g/mol. The summed E-state index contributed by atoms with van der Waals surface area (Å²) in [5.74, 6) is -0.883. The summed E-state index contributed by atoms with van der Waals surface area (Å²) in [5.41, 5.74) is 0.460. The molecule has 16 heavy (non-hydrogen) atoms. The van der Waals surface area contributed by atoms with E-state index in [2.05, 4.69) is 0 Å². The number of carboxylic acid groups (broad SMARTS) is 1. The number of nitrogens with zero attached hydrogens (tertiary/aromatic N) is 1. The van der Waals surface area contributed by atoms with Crippen molar-refractivity contribution in [3.8, 4) is 0 Å². The van der Waals surface area contributed by atoms with Gasteiger partial charge >= 0.3 is 5.97 Å². The minimum atomic E-state index is -0.883. The van der Waals surface area contributed by atoms with E-state index in [-0.39, 0.29) is 0 Å². The Kier molecular flexibility index (Phi) is 3.28. The number of hydrogen-bond acceptors (Lipinski definition) is 3. The first-order valence-corrected chi connectivity index (χ1v) is 5.94. The number of rotatable bonds is 2. The highest BCUT2D eigenvalue weighted by Crippen LogP contribution is 2.31. The predicted octanol–water partition coefficient (Wildman–Crippen LogP) is 2.32. The molecule has 1 unspecified atom stereocenters. The van der Waals surface area contributed by atoms with E-state index in [0.717, 1.165) is 10.6 Å². The van der Waals surface area contributed by atoms with Crippen LogP contribution in [0, 0.1) is 24.7 Å². The lowest BCUT2D eigenvalue weighted by molar-refractivity contribution is -0.144. The Bertz CT molecular complexity index is 465. The van der Waals surface area contributed by atoms with Gasteiger partial charge in [-0.3, -0.25) is 5.41 Å². The van der Waals surface area contributed by atoms with Crippen LogP contribution in [0.15, 0.2) is 0 Å². The van der Waals surface area contributed by atoms with Crippen molar-refractivity contribution in [1.29, 1.82) is 5.41 Å². The standard InChI is InChI=1S/C11H18N2O2S/c1-6-7(2)16-10(12)13(6)8(9(14)15)11(3,4)5/h8,12H,1-5H3,(H,14,15).